The summed E-state index contributed by atoms with van der Waals surface area (Å²) in [5.74, 6) is -0.355. The van der Waals surface area contributed by atoms with Crippen molar-refractivity contribution in [1.29, 1.82) is 0 Å². The summed E-state index contributed by atoms with van der Waals surface area (Å²) in [6.45, 7) is 1.60. The number of rotatable bonds is 4. The maximum absolute atomic E-state index is 12.7. The lowest BCUT2D eigenvalue weighted by molar-refractivity contribution is -0.146. The van der Waals surface area contributed by atoms with E-state index in [4.69, 9.17) is 4.74 Å². The van der Waals surface area contributed by atoms with E-state index in [0.29, 0.717) is 11.4 Å². The fraction of sp³-hybridized carbons (Fsp3) is 0.421. The second-order valence-electron chi connectivity index (χ2n) is 6.94. The Morgan fingerprint density at radius 3 is 2.20 bits per heavy atom. The van der Waals surface area contributed by atoms with E-state index >= 15 is 0 Å². The predicted molar refractivity (Wildman–Crippen MR) is 90.7 cm³/mol. The van der Waals surface area contributed by atoms with Crippen LogP contribution in [0.5, 0.6) is 5.75 Å². The summed E-state index contributed by atoms with van der Waals surface area (Å²) in [6.07, 6.45) is 4.97. The molecule has 1 saturated carbocycles. The van der Waals surface area contributed by atoms with E-state index in [0.717, 1.165) is 6.42 Å². The first-order valence-electron chi connectivity index (χ1n) is 8.51. The van der Waals surface area contributed by atoms with Gasteiger partial charge in [-0.1, -0.05) is 12.2 Å². The molecule has 0 radical (unpaired) electrons. The highest BCUT2D eigenvalue weighted by atomic mass is 16.5. The van der Waals surface area contributed by atoms with Crippen LogP contribution in [0.25, 0.3) is 0 Å². The molecular formula is C19H20N2O4. The Morgan fingerprint density at radius 1 is 1.12 bits per heavy atom. The van der Waals surface area contributed by atoms with E-state index in [2.05, 4.69) is 5.32 Å². The fourth-order valence-electron chi connectivity index (χ4n) is 4.35. The van der Waals surface area contributed by atoms with E-state index in [-0.39, 0.29) is 41.4 Å². The number of fused-ring (bicyclic) bond motifs is 5. The molecule has 130 valence electrons. The van der Waals surface area contributed by atoms with Crippen molar-refractivity contribution in [2.45, 2.75) is 19.4 Å². The van der Waals surface area contributed by atoms with Gasteiger partial charge in [0.2, 0.25) is 17.7 Å². The highest BCUT2D eigenvalue weighted by Gasteiger charge is 2.60. The molecule has 0 aromatic heterocycles. The first kappa shape index (κ1) is 15.9. The Bertz CT molecular complexity index is 740. The first-order valence-corrected chi connectivity index (χ1v) is 8.51. The third kappa shape index (κ3) is 2.35. The monoisotopic (exact) mass is 340 g/mol. The van der Waals surface area contributed by atoms with Crippen LogP contribution in [-0.4, -0.2) is 35.8 Å². The lowest BCUT2D eigenvalue weighted by Crippen LogP contribution is -2.46. The number of benzene rings is 1. The number of likely N-dealkylation sites (tertiary alicyclic amines) is 1. The molecule has 3 aliphatic rings. The highest BCUT2D eigenvalue weighted by Crippen LogP contribution is 2.52. The molecule has 2 bridgehead atoms. The van der Waals surface area contributed by atoms with Crippen molar-refractivity contribution >= 4 is 23.4 Å². The molecule has 25 heavy (non-hydrogen) atoms. The number of methoxy groups -OCH3 is 1. The van der Waals surface area contributed by atoms with Crippen LogP contribution in [0.15, 0.2) is 36.4 Å². The molecule has 2 aliphatic carbocycles. The van der Waals surface area contributed by atoms with Gasteiger partial charge >= 0.3 is 0 Å². The molecule has 5 atom stereocenters. The number of hydrogen-bond donors (Lipinski definition) is 1. The molecule has 1 aromatic carbocycles. The van der Waals surface area contributed by atoms with E-state index < -0.39 is 6.04 Å². The largest absolute Gasteiger partial charge is 0.497 e. The van der Waals surface area contributed by atoms with Crippen LogP contribution in [0.4, 0.5) is 5.69 Å². The summed E-state index contributed by atoms with van der Waals surface area (Å²) in [5, 5.41) is 2.76. The van der Waals surface area contributed by atoms with Gasteiger partial charge in [-0.2, -0.15) is 0 Å². The highest BCUT2D eigenvalue weighted by molar-refractivity contribution is 6.10. The first-order chi connectivity index (χ1) is 12.0. The fourth-order valence-corrected chi connectivity index (χ4v) is 4.35. The predicted octanol–water partition coefficient (Wildman–Crippen LogP) is 1.83. The van der Waals surface area contributed by atoms with Gasteiger partial charge in [0.15, 0.2) is 0 Å². The Hall–Kier alpha value is -2.63. The van der Waals surface area contributed by atoms with Crippen molar-refractivity contribution in [3.63, 3.8) is 0 Å². The van der Waals surface area contributed by atoms with Gasteiger partial charge in [0.05, 0.1) is 18.9 Å². The number of anilines is 1. The van der Waals surface area contributed by atoms with Crippen LogP contribution in [0, 0.1) is 23.7 Å². The number of ether oxygens (including phenoxy) is 1. The summed E-state index contributed by atoms with van der Waals surface area (Å²) in [7, 11) is 1.57. The Kier molecular flexibility index (Phi) is 3.63. The molecule has 5 unspecified atom stereocenters. The van der Waals surface area contributed by atoms with E-state index in [1.807, 2.05) is 12.2 Å². The molecule has 6 nitrogen and oxygen atoms in total. The number of hydrogen-bond acceptors (Lipinski definition) is 4. The van der Waals surface area contributed by atoms with Crippen molar-refractivity contribution in [2.24, 2.45) is 23.7 Å². The minimum Gasteiger partial charge on any atom is -0.497 e. The zero-order chi connectivity index (χ0) is 17.7. The molecule has 1 aliphatic heterocycles. The summed E-state index contributed by atoms with van der Waals surface area (Å²) >= 11 is 0. The van der Waals surface area contributed by atoms with Crippen LogP contribution in [0.3, 0.4) is 0 Å². The summed E-state index contributed by atoms with van der Waals surface area (Å²) in [6, 6.07) is 6.08. The lowest BCUT2D eigenvalue weighted by atomic mass is 9.85. The molecule has 1 heterocycles. The van der Waals surface area contributed by atoms with Crippen LogP contribution in [0.1, 0.15) is 13.3 Å². The quantitative estimate of drug-likeness (QED) is 0.670. The summed E-state index contributed by atoms with van der Waals surface area (Å²) < 4.78 is 5.08. The third-order valence-corrected chi connectivity index (χ3v) is 5.63. The molecule has 6 heteroatoms. The number of nitrogens with one attached hydrogen (secondary N) is 1. The Labute approximate surface area is 145 Å². The number of carbonyl (C=O) groups excluding carboxylic acids is 3. The van der Waals surface area contributed by atoms with Crippen LogP contribution < -0.4 is 10.1 Å². The van der Waals surface area contributed by atoms with Gasteiger partial charge in [0.1, 0.15) is 11.8 Å². The van der Waals surface area contributed by atoms with Gasteiger partial charge in [0.25, 0.3) is 0 Å². The molecule has 4 rings (SSSR count). The molecular weight excluding hydrogens is 320 g/mol. The standard InChI is InChI=1S/C19H20N2O4/c1-10(17(22)20-13-5-7-14(25-2)8-6-13)21-18(23)15-11-3-4-12(9-11)16(15)19(21)24/h3-8,10-12,15-16H,9H2,1-2H3,(H,20,22). The average molecular weight is 340 g/mol. The van der Waals surface area contributed by atoms with Gasteiger partial charge in [-0.25, -0.2) is 0 Å². The second kappa shape index (κ2) is 5.72. The van der Waals surface area contributed by atoms with Gasteiger partial charge in [-0.05, 0) is 49.4 Å². The number of amides is 3. The van der Waals surface area contributed by atoms with Crippen molar-refractivity contribution in [2.75, 3.05) is 12.4 Å². The smallest absolute Gasteiger partial charge is 0.247 e. The number of nitrogens with zero attached hydrogens (tertiary/aromatic N) is 1. The molecule has 0 spiro atoms. The van der Waals surface area contributed by atoms with Crippen molar-refractivity contribution in [3.05, 3.63) is 36.4 Å². The zero-order valence-electron chi connectivity index (χ0n) is 14.1. The van der Waals surface area contributed by atoms with Crippen molar-refractivity contribution in [3.8, 4) is 5.75 Å². The van der Waals surface area contributed by atoms with E-state index in [1.54, 1.807) is 38.3 Å². The number of carbonyl (C=O) groups is 3. The van der Waals surface area contributed by atoms with Gasteiger partial charge < -0.3 is 10.1 Å². The Balaban J connectivity index is 1.49. The summed E-state index contributed by atoms with van der Waals surface area (Å²) in [5.41, 5.74) is 0.596. The Morgan fingerprint density at radius 2 is 1.68 bits per heavy atom. The number of imide groups is 1. The number of allylic oxidation sites excluding steroid dienone is 2. The lowest BCUT2D eigenvalue weighted by Gasteiger charge is -2.23. The van der Waals surface area contributed by atoms with Gasteiger partial charge in [0, 0.05) is 5.69 Å². The minimum absolute atomic E-state index is 0.147. The maximum Gasteiger partial charge on any atom is 0.247 e. The SMILES string of the molecule is COc1ccc(NC(=O)C(C)N2C(=O)C3C4C=CC(C4)C3C2=O)cc1. The maximum atomic E-state index is 12.7. The normalized spacial score (nSPS) is 30.6. The zero-order valence-corrected chi connectivity index (χ0v) is 14.1. The van der Waals surface area contributed by atoms with Gasteiger partial charge in [-0.3, -0.25) is 19.3 Å². The van der Waals surface area contributed by atoms with Crippen LogP contribution in [-0.2, 0) is 14.4 Å². The average Bonchev–Trinajstić information content (AvgIpc) is 3.29. The third-order valence-electron chi connectivity index (χ3n) is 5.63. The van der Waals surface area contributed by atoms with E-state index in [1.165, 1.54) is 4.90 Å². The molecule has 1 aromatic rings. The van der Waals surface area contributed by atoms with Crippen LogP contribution in [0.2, 0.25) is 0 Å². The molecule has 1 saturated heterocycles. The van der Waals surface area contributed by atoms with Crippen LogP contribution >= 0.6 is 0 Å². The molecule has 2 fully saturated rings. The minimum atomic E-state index is -0.827. The van der Waals surface area contributed by atoms with Gasteiger partial charge in [-0.15, -0.1) is 0 Å². The molecule has 1 N–H and O–H groups in total. The van der Waals surface area contributed by atoms with E-state index in [9.17, 15) is 14.4 Å². The van der Waals surface area contributed by atoms with Crippen molar-refractivity contribution < 1.29 is 19.1 Å². The van der Waals surface area contributed by atoms with Crippen molar-refractivity contribution in [1.82, 2.24) is 4.90 Å². The topological polar surface area (TPSA) is 75.7 Å². The molecule has 3 amide bonds. The summed E-state index contributed by atoms with van der Waals surface area (Å²) in [4.78, 5) is 39.2. The second-order valence-corrected chi connectivity index (χ2v) is 6.94.